The van der Waals surface area contributed by atoms with Gasteiger partial charge in [0.05, 0.1) is 12.5 Å². The van der Waals surface area contributed by atoms with Gasteiger partial charge in [0, 0.05) is 0 Å². The number of hydrogen-bond donors (Lipinski definition) is 0. The third-order valence-corrected chi connectivity index (χ3v) is 2.83. The summed E-state index contributed by atoms with van der Waals surface area (Å²) in [6.07, 6.45) is 2.09. The molecule has 1 aromatic carbocycles. The van der Waals surface area contributed by atoms with Crippen LogP contribution in [-0.4, -0.2) is 7.11 Å². The van der Waals surface area contributed by atoms with Gasteiger partial charge in [-0.05, 0) is 30.0 Å². The van der Waals surface area contributed by atoms with Crippen LogP contribution in [0.15, 0.2) is 18.2 Å². The Morgan fingerprint density at radius 1 is 1.50 bits per heavy atom. The molecule has 0 heterocycles. The van der Waals surface area contributed by atoms with E-state index in [4.69, 9.17) is 16.3 Å². The van der Waals surface area contributed by atoms with Crippen LogP contribution in [0.2, 0.25) is 0 Å². The van der Waals surface area contributed by atoms with Gasteiger partial charge in [-0.3, -0.25) is 0 Å². The number of hydrogen-bond acceptors (Lipinski definition) is 1. The van der Waals surface area contributed by atoms with Gasteiger partial charge < -0.3 is 4.74 Å². The second kappa shape index (κ2) is 2.98. The zero-order valence-electron chi connectivity index (χ0n) is 7.01. The molecule has 0 amide bonds. The van der Waals surface area contributed by atoms with E-state index in [0.717, 1.165) is 18.6 Å². The van der Waals surface area contributed by atoms with E-state index in [2.05, 4.69) is 6.07 Å². The van der Waals surface area contributed by atoms with Crippen molar-refractivity contribution in [3.05, 3.63) is 29.3 Å². The number of alkyl halides is 1. The van der Waals surface area contributed by atoms with E-state index in [1.54, 1.807) is 7.11 Å². The number of halogens is 1. The fraction of sp³-hybridized carbons (Fsp3) is 0.400. The fourth-order valence-corrected chi connectivity index (χ4v) is 2.07. The van der Waals surface area contributed by atoms with Crippen molar-refractivity contribution in [2.75, 3.05) is 7.11 Å². The molecule has 12 heavy (non-hydrogen) atoms. The molecule has 1 aliphatic rings. The SMILES string of the molecule is COc1cccc2c1CCC2Cl. The summed E-state index contributed by atoms with van der Waals surface area (Å²) in [6.45, 7) is 0. The third-order valence-electron chi connectivity index (χ3n) is 2.37. The van der Waals surface area contributed by atoms with Crippen molar-refractivity contribution in [1.29, 1.82) is 0 Å². The van der Waals surface area contributed by atoms with E-state index in [0.29, 0.717) is 0 Å². The van der Waals surface area contributed by atoms with Gasteiger partial charge in [0.15, 0.2) is 0 Å². The molecule has 2 rings (SSSR count). The highest BCUT2D eigenvalue weighted by Gasteiger charge is 2.22. The maximum atomic E-state index is 6.12. The van der Waals surface area contributed by atoms with Gasteiger partial charge in [-0.1, -0.05) is 12.1 Å². The average Bonchev–Trinajstić information content (AvgIpc) is 2.48. The molecule has 1 aliphatic carbocycles. The topological polar surface area (TPSA) is 9.23 Å². The van der Waals surface area contributed by atoms with Crippen LogP contribution in [-0.2, 0) is 6.42 Å². The maximum Gasteiger partial charge on any atom is 0.122 e. The summed E-state index contributed by atoms with van der Waals surface area (Å²) in [5, 5.41) is 0.190. The molecule has 1 unspecified atom stereocenters. The number of rotatable bonds is 1. The standard InChI is InChI=1S/C10H11ClO/c1-12-10-4-2-3-7-8(10)5-6-9(7)11/h2-4,9H,5-6H2,1H3. The quantitative estimate of drug-likeness (QED) is 0.607. The van der Waals surface area contributed by atoms with Crippen LogP contribution in [0.1, 0.15) is 22.9 Å². The predicted molar refractivity (Wildman–Crippen MR) is 49.9 cm³/mol. The van der Waals surface area contributed by atoms with E-state index in [1.165, 1.54) is 11.1 Å². The van der Waals surface area contributed by atoms with Crippen molar-refractivity contribution in [3.8, 4) is 5.75 Å². The Balaban J connectivity index is 2.50. The molecular weight excluding hydrogens is 172 g/mol. The number of methoxy groups -OCH3 is 1. The van der Waals surface area contributed by atoms with Crippen molar-refractivity contribution >= 4 is 11.6 Å². The van der Waals surface area contributed by atoms with Crippen LogP contribution in [0.5, 0.6) is 5.75 Å². The molecular formula is C10H11ClO. The number of ether oxygens (including phenoxy) is 1. The Hall–Kier alpha value is -0.690. The molecule has 0 aromatic heterocycles. The lowest BCUT2D eigenvalue weighted by Crippen LogP contribution is -1.90. The summed E-state index contributed by atoms with van der Waals surface area (Å²) in [7, 11) is 1.71. The molecule has 0 radical (unpaired) electrons. The van der Waals surface area contributed by atoms with Crippen LogP contribution in [0.25, 0.3) is 0 Å². The van der Waals surface area contributed by atoms with E-state index in [-0.39, 0.29) is 5.38 Å². The minimum Gasteiger partial charge on any atom is -0.496 e. The second-order valence-corrected chi connectivity index (χ2v) is 3.56. The third kappa shape index (κ3) is 1.09. The molecule has 0 fully saturated rings. The number of benzene rings is 1. The summed E-state index contributed by atoms with van der Waals surface area (Å²) in [5.74, 6) is 0.982. The Bertz CT molecular complexity index is 296. The number of fused-ring (bicyclic) bond motifs is 1. The predicted octanol–water partition coefficient (Wildman–Crippen LogP) is 2.92. The summed E-state index contributed by atoms with van der Waals surface area (Å²) >= 11 is 6.12. The molecule has 0 aliphatic heterocycles. The van der Waals surface area contributed by atoms with Gasteiger partial charge in [-0.25, -0.2) is 0 Å². The van der Waals surface area contributed by atoms with Crippen LogP contribution < -0.4 is 4.74 Å². The summed E-state index contributed by atoms with van der Waals surface area (Å²) in [6, 6.07) is 6.08. The van der Waals surface area contributed by atoms with Crippen LogP contribution >= 0.6 is 11.6 Å². The minimum absolute atomic E-state index is 0.190. The molecule has 1 atom stereocenters. The largest absolute Gasteiger partial charge is 0.496 e. The average molecular weight is 183 g/mol. The van der Waals surface area contributed by atoms with Crippen LogP contribution in [0.3, 0.4) is 0 Å². The summed E-state index contributed by atoms with van der Waals surface area (Å²) < 4.78 is 5.25. The fourth-order valence-electron chi connectivity index (χ4n) is 1.76. The first-order valence-corrected chi connectivity index (χ1v) is 4.56. The molecule has 0 spiro atoms. The first-order valence-electron chi connectivity index (χ1n) is 4.13. The van der Waals surface area contributed by atoms with E-state index < -0.39 is 0 Å². The first-order chi connectivity index (χ1) is 5.83. The molecule has 0 saturated heterocycles. The molecule has 0 bridgehead atoms. The highest BCUT2D eigenvalue weighted by atomic mass is 35.5. The van der Waals surface area contributed by atoms with Gasteiger partial charge in [0.1, 0.15) is 5.75 Å². The van der Waals surface area contributed by atoms with Crippen LogP contribution in [0.4, 0.5) is 0 Å². The van der Waals surface area contributed by atoms with Gasteiger partial charge in [-0.2, -0.15) is 0 Å². The summed E-state index contributed by atoms with van der Waals surface area (Å²) in [5.41, 5.74) is 2.54. The Labute approximate surface area is 77.3 Å². The maximum absolute atomic E-state index is 6.12. The highest BCUT2D eigenvalue weighted by molar-refractivity contribution is 6.21. The smallest absolute Gasteiger partial charge is 0.122 e. The molecule has 1 nitrogen and oxygen atoms in total. The zero-order valence-corrected chi connectivity index (χ0v) is 7.77. The van der Waals surface area contributed by atoms with Crippen molar-refractivity contribution in [2.45, 2.75) is 18.2 Å². The van der Waals surface area contributed by atoms with Gasteiger partial charge in [0.25, 0.3) is 0 Å². The van der Waals surface area contributed by atoms with Crippen molar-refractivity contribution in [1.82, 2.24) is 0 Å². The van der Waals surface area contributed by atoms with E-state index in [9.17, 15) is 0 Å². The lowest BCUT2D eigenvalue weighted by Gasteiger charge is -2.06. The van der Waals surface area contributed by atoms with Crippen molar-refractivity contribution in [2.24, 2.45) is 0 Å². The first kappa shape index (κ1) is 7.93. The molecule has 2 heteroatoms. The normalized spacial score (nSPS) is 20.7. The molecule has 1 aromatic rings. The van der Waals surface area contributed by atoms with Crippen LogP contribution in [0, 0.1) is 0 Å². The van der Waals surface area contributed by atoms with E-state index in [1.807, 2.05) is 12.1 Å². The molecule has 0 N–H and O–H groups in total. The highest BCUT2D eigenvalue weighted by Crippen LogP contribution is 2.40. The lowest BCUT2D eigenvalue weighted by molar-refractivity contribution is 0.410. The zero-order chi connectivity index (χ0) is 8.55. The van der Waals surface area contributed by atoms with Gasteiger partial charge in [0.2, 0.25) is 0 Å². The summed E-state index contributed by atoms with van der Waals surface area (Å²) in [4.78, 5) is 0. The van der Waals surface area contributed by atoms with Gasteiger partial charge in [-0.15, -0.1) is 11.6 Å². The van der Waals surface area contributed by atoms with E-state index >= 15 is 0 Å². The van der Waals surface area contributed by atoms with Crippen molar-refractivity contribution < 1.29 is 4.74 Å². The van der Waals surface area contributed by atoms with Gasteiger partial charge >= 0.3 is 0 Å². The monoisotopic (exact) mass is 182 g/mol. The lowest BCUT2D eigenvalue weighted by atomic mass is 10.1. The Kier molecular flexibility index (Phi) is 1.97. The Morgan fingerprint density at radius 3 is 3.08 bits per heavy atom. The minimum atomic E-state index is 0.190. The Morgan fingerprint density at radius 2 is 2.33 bits per heavy atom. The van der Waals surface area contributed by atoms with Crippen molar-refractivity contribution in [3.63, 3.8) is 0 Å². The molecule has 64 valence electrons. The second-order valence-electron chi connectivity index (χ2n) is 3.03. The molecule has 0 saturated carbocycles.